The van der Waals surface area contributed by atoms with Gasteiger partial charge in [-0.15, -0.1) is 0 Å². The Balaban J connectivity index is 1.45. The van der Waals surface area contributed by atoms with Gasteiger partial charge in [-0.2, -0.15) is 0 Å². The summed E-state index contributed by atoms with van der Waals surface area (Å²) >= 11 is 0. The van der Waals surface area contributed by atoms with Gasteiger partial charge in [-0.3, -0.25) is 0 Å². The molecule has 0 nitrogen and oxygen atoms in total. The van der Waals surface area contributed by atoms with Crippen LogP contribution in [0.3, 0.4) is 0 Å². The average Bonchev–Trinajstić information content (AvgIpc) is 2.91. The van der Waals surface area contributed by atoms with E-state index in [1.807, 2.05) is 0 Å². The number of benzene rings is 5. The zero-order valence-corrected chi connectivity index (χ0v) is 20.4. The molecule has 0 amide bonds. The third-order valence-corrected chi connectivity index (χ3v) is 6.34. The van der Waals surface area contributed by atoms with Crippen molar-refractivity contribution < 1.29 is 0 Å². The van der Waals surface area contributed by atoms with E-state index in [-0.39, 0.29) is 0 Å². The SMILES string of the molecule is CC(C)=Cc1ccc(-c2ccccc2)cc1Cc1cccc(-c2ccc(-c3ccccc3)cc2)c1. The van der Waals surface area contributed by atoms with E-state index in [1.54, 1.807) is 0 Å². The quantitative estimate of drug-likeness (QED) is 0.241. The summed E-state index contributed by atoms with van der Waals surface area (Å²) in [5, 5.41) is 0. The molecule has 0 radical (unpaired) electrons. The second-order valence-corrected chi connectivity index (χ2v) is 9.32. The Hall–Kier alpha value is -4.16. The second-order valence-electron chi connectivity index (χ2n) is 9.32. The summed E-state index contributed by atoms with van der Waals surface area (Å²) in [7, 11) is 0. The molecule has 0 heterocycles. The molecule has 0 N–H and O–H groups in total. The number of hydrogen-bond acceptors (Lipinski definition) is 0. The lowest BCUT2D eigenvalue weighted by Gasteiger charge is -2.12. The Bertz CT molecular complexity index is 1440. The van der Waals surface area contributed by atoms with E-state index in [0.29, 0.717) is 0 Å². The molecule has 0 aliphatic rings. The summed E-state index contributed by atoms with van der Waals surface area (Å²) in [6.45, 7) is 4.32. The molecule has 5 aromatic rings. The third-order valence-electron chi connectivity index (χ3n) is 6.34. The minimum Gasteiger partial charge on any atom is -0.0758 e. The van der Waals surface area contributed by atoms with Gasteiger partial charge < -0.3 is 0 Å². The average molecular weight is 451 g/mol. The molecule has 5 rings (SSSR count). The molecule has 5 aromatic carbocycles. The van der Waals surface area contributed by atoms with Crippen LogP contribution in [0.25, 0.3) is 39.5 Å². The minimum absolute atomic E-state index is 0.899. The second kappa shape index (κ2) is 10.4. The Morgan fingerprint density at radius 3 is 1.60 bits per heavy atom. The molecule has 0 aliphatic carbocycles. The van der Waals surface area contributed by atoms with Gasteiger partial charge in [0.05, 0.1) is 0 Å². The Morgan fingerprint density at radius 1 is 0.486 bits per heavy atom. The van der Waals surface area contributed by atoms with Crippen molar-refractivity contribution >= 4 is 6.08 Å². The molecule has 0 fully saturated rings. The number of rotatable bonds is 6. The van der Waals surface area contributed by atoms with E-state index < -0.39 is 0 Å². The van der Waals surface area contributed by atoms with Gasteiger partial charge in [0, 0.05) is 0 Å². The van der Waals surface area contributed by atoms with E-state index in [0.717, 1.165) is 6.42 Å². The molecule has 0 saturated carbocycles. The first-order valence-corrected chi connectivity index (χ1v) is 12.2. The van der Waals surface area contributed by atoms with E-state index in [1.165, 1.54) is 55.6 Å². The molecular weight excluding hydrogens is 420 g/mol. The molecule has 0 heteroatoms. The zero-order chi connectivity index (χ0) is 24.0. The van der Waals surface area contributed by atoms with Crippen LogP contribution in [0.5, 0.6) is 0 Å². The van der Waals surface area contributed by atoms with Crippen LogP contribution in [0.2, 0.25) is 0 Å². The van der Waals surface area contributed by atoms with Gasteiger partial charge in [0.15, 0.2) is 0 Å². The highest BCUT2D eigenvalue weighted by molar-refractivity contribution is 5.72. The first-order chi connectivity index (χ1) is 17.2. The standard InChI is InChI=1S/C35H30/c1-26(2)22-33-20-21-34(29-13-7-4-8-14-29)25-35(33)24-27-10-9-15-32(23-27)31-18-16-30(17-19-31)28-11-5-3-6-12-28/h3-23,25H,24H2,1-2H3. The van der Waals surface area contributed by atoms with Gasteiger partial charge in [-0.1, -0.05) is 139 Å². The first-order valence-electron chi connectivity index (χ1n) is 12.2. The summed E-state index contributed by atoms with van der Waals surface area (Å²) in [5.41, 5.74) is 12.8. The van der Waals surface area contributed by atoms with Crippen molar-refractivity contribution in [1.29, 1.82) is 0 Å². The fraction of sp³-hybridized carbons (Fsp3) is 0.0857. The molecule has 0 aromatic heterocycles. The summed E-state index contributed by atoms with van der Waals surface area (Å²) in [4.78, 5) is 0. The predicted molar refractivity (Wildman–Crippen MR) is 151 cm³/mol. The van der Waals surface area contributed by atoms with Crippen molar-refractivity contribution in [3.8, 4) is 33.4 Å². The Kier molecular flexibility index (Phi) is 6.73. The molecular formula is C35H30. The summed E-state index contributed by atoms with van der Waals surface area (Å²) in [6, 6.07) is 45.9. The lowest BCUT2D eigenvalue weighted by atomic mass is 9.92. The van der Waals surface area contributed by atoms with Crippen molar-refractivity contribution in [2.24, 2.45) is 0 Å². The van der Waals surface area contributed by atoms with E-state index in [4.69, 9.17) is 0 Å². The lowest BCUT2D eigenvalue weighted by Crippen LogP contribution is -1.94. The molecule has 170 valence electrons. The van der Waals surface area contributed by atoms with E-state index >= 15 is 0 Å². The lowest BCUT2D eigenvalue weighted by molar-refractivity contribution is 1.18. The van der Waals surface area contributed by atoms with Crippen molar-refractivity contribution in [3.05, 3.63) is 150 Å². The highest BCUT2D eigenvalue weighted by Gasteiger charge is 2.08. The van der Waals surface area contributed by atoms with Gasteiger partial charge in [-0.05, 0) is 70.3 Å². The molecule has 0 aliphatic heterocycles. The van der Waals surface area contributed by atoms with Crippen molar-refractivity contribution in [1.82, 2.24) is 0 Å². The minimum atomic E-state index is 0.899. The fourth-order valence-electron chi connectivity index (χ4n) is 4.59. The molecule has 0 bridgehead atoms. The van der Waals surface area contributed by atoms with Gasteiger partial charge >= 0.3 is 0 Å². The van der Waals surface area contributed by atoms with Crippen LogP contribution in [0.1, 0.15) is 30.5 Å². The molecule has 0 unspecified atom stereocenters. The number of allylic oxidation sites excluding steroid dienone is 1. The maximum atomic E-state index is 2.35. The number of hydrogen-bond donors (Lipinski definition) is 0. The monoisotopic (exact) mass is 450 g/mol. The highest BCUT2D eigenvalue weighted by atomic mass is 14.1. The maximum absolute atomic E-state index is 2.35. The largest absolute Gasteiger partial charge is 0.0758 e. The maximum Gasteiger partial charge on any atom is -0.00194 e. The van der Waals surface area contributed by atoms with Gasteiger partial charge in [-0.25, -0.2) is 0 Å². The van der Waals surface area contributed by atoms with Crippen LogP contribution in [0, 0.1) is 0 Å². The fourth-order valence-corrected chi connectivity index (χ4v) is 4.59. The first kappa shape index (κ1) is 22.6. The van der Waals surface area contributed by atoms with Gasteiger partial charge in [0.1, 0.15) is 0 Å². The zero-order valence-electron chi connectivity index (χ0n) is 20.4. The van der Waals surface area contributed by atoms with Crippen molar-refractivity contribution in [3.63, 3.8) is 0 Å². The van der Waals surface area contributed by atoms with Crippen LogP contribution in [-0.4, -0.2) is 0 Å². The van der Waals surface area contributed by atoms with Gasteiger partial charge in [0.25, 0.3) is 0 Å². The normalized spacial score (nSPS) is 10.7. The Labute approximate surface area is 209 Å². The summed E-state index contributed by atoms with van der Waals surface area (Å²) in [6.07, 6.45) is 3.19. The van der Waals surface area contributed by atoms with Crippen molar-refractivity contribution in [2.45, 2.75) is 20.3 Å². The molecule has 0 atom stereocenters. The van der Waals surface area contributed by atoms with Crippen LogP contribution < -0.4 is 0 Å². The Morgan fingerprint density at radius 2 is 0.971 bits per heavy atom. The van der Waals surface area contributed by atoms with Crippen LogP contribution in [0.15, 0.2) is 133 Å². The topological polar surface area (TPSA) is 0 Å². The highest BCUT2D eigenvalue weighted by Crippen LogP contribution is 2.29. The van der Waals surface area contributed by atoms with Gasteiger partial charge in [0.2, 0.25) is 0 Å². The van der Waals surface area contributed by atoms with Crippen LogP contribution in [0.4, 0.5) is 0 Å². The van der Waals surface area contributed by atoms with Crippen molar-refractivity contribution in [2.75, 3.05) is 0 Å². The van der Waals surface area contributed by atoms with E-state index in [2.05, 4.69) is 147 Å². The summed E-state index contributed by atoms with van der Waals surface area (Å²) in [5.74, 6) is 0. The molecule has 0 saturated heterocycles. The van der Waals surface area contributed by atoms with Crippen LogP contribution >= 0.6 is 0 Å². The van der Waals surface area contributed by atoms with Crippen LogP contribution in [-0.2, 0) is 6.42 Å². The summed E-state index contributed by atoms with van der Waals surface area (Å²) < 4.78 is 0. The predicted octanol–water partition coefficient (Wildman–Crippen LogP) is 9.70. The third kappa shape index (κ3) is 5.50. The molecule has 35 heavy (non-hydrogen) atoms. The van der Waals surface area contributed by atoms with E-state index in [9.17, 15) is 0 Å². The smallest absolute Gasteiger partial charge is 0.00194 e. The molecule has 0 spiro atoms.